The molecule has 0 aromatic rings. The van der Waals surface area contributed by atoms with Crippen molar-refractivity contribution in [2.24, 2.45) is 23.7 Å². The number of hydrogen-bond acceptors (Lipinski definition) is 0. The van der Waals surface area contributed by atoms with Gasteiger partial charge in [0.05, 0.1) is 0 Å². The molecule has 0 aromatic heterocycles. The van der Waals surface area contributed by atoms with Gasteiger partial charge in [-0.1, -0.05) is 27.7 Å². The highest BCUT2D eigenvalue weighted by Gasteiger charge is 2.47. The van der Waals surface area contributed by atoms with Gasteiger partial charge < -0.3 is 0 Å². The van der Waals surface area contributed by atoms with Crippen LogP contribution in [0.5, 0.6) is 0 Å². The summed E-state index contributed by atoms with van der Waals surface area (Å²) >= 11 is 0. The van der Waals surface area contributed by atoms with Crippen LogP contribution in [0.1, 0.15) is 27.7 Å². The summed E-state index contributed by atoms with van der Waals surface area (Å²) in [6.45, 7) is 15.2. The van der Waals surface area contributed by atoms with E-state index in [4.69, 9.17) is 0 Å². The fraction of sp³-hybridized carbons (Fsp3) is 1.00. The van der Waals surface area contributed by atoms with E-state index in [2.05, 4.69) is 41.0 Å². The van der Waals surface area contributed by atoms with E-state index in [9.17, 15) is 0 Å². The molecule has 16 heavy (non-hydrogen) atoms. The highest BCUT2D eigenvalue weighted by molar-refractivity contribution is 7.62. The summed E-state index contributed by atoms with van der Waals surface area (Å²) in [7, 11) is 0.651. The fourth-order valence-corrected chi connectivity index (χ4v) is 12.2. The normalized spacial score (nSPS) is 58.1. The molecule has 2 heteroatoms. The molecule has 0 saturated carbocycles. The third kappa shape index (κ3) is 2.10. The first-order valence-corrected chi connectivity index (χ1v) is 10.9. The lowest BCUT2D eigenvalue weighted by Gasteiger charge is -2.34. The topological polar surface area (TPSA) is 0 Å². The van der Waals surface area contributed by atoms with Crippen molar-refractivity contribution in [1.29, 1.82) is 0 Å². The summed E-state index contributed by atoms with van der Waals surface area (Å²) in [5.41, 5.74) is 2.20. The first-order valence-electron chi connectivity index (χ1n) is 6.84. The maximum absolute atomic E-state index is 2.58. The van der Waals surface area contributed by atoms with Crippen LogP contribution in [0, 0.1) is 23.7 Å². The van der Waals surface area contributed by atoms with Crippen molar-refractivity contribution < 1.29 is 0 Å². The molecule has 0 aromatic carbocycles. The SMILES string of the molecule is C[C@H]1[C@H](C)CP(C)[C@H]1C1[C@@H](C)[C@H](C)CP1C. The average molecular weight is 258 g/mol. The number of hydrogen-bond donors (Lipinski definition) is 0. The van der Waals surface area contributed by atoms with Crippen LogP contribution in [0.4, 0.5) is 0 Å². The second kappa shape index (κ2) is 4.85. The molecule has 0 N–H and O–H groups in total. The van der Waals surface area contributed by atoms with Crippen molar-refractivity contribution in [3.8, 4) is 0 Å². The predicted octanol–water partition coefficient (Wildman–Crippen LogP) is 4.52. The van der Waals surface area contributed by atoms with Crippen LogP contribution in [0.25, 0.3) is 0 Å². The molecule has 2 heterocycles. The van der Waals surface area contributed by atoms with Crippen molar-refractivity contribution in [3.63, 3.8) is 0 Å². The lowest BCUT2D eigenvalue weighted by molar-refractivity contribution is 0.363. The molecule has 0 bridgehead atoms. The Bertz CT molecular complexity index is 227. The first kappa shape index (κ1) is 13.3. The van der Waals surface area contributed by atoms with Gasteiger partial charge in [-0.05, 0) is 60.6 Å². The Morgan fingerprint density at radius 1 is 0.688 bits per heavy atom. The molecule has 0 spiro atoms. The van der Waals surface area contributed by atoms with Crippen molar-refractivity contribution in [2.45, 2.75) is 39.0 Å². The Balaban J connectivity index is 2.18. The van der Waals surface area contributed by atoms with Gasteiger partial charge in [0.25, 0.3) is 0 Å². The molecule has 8 atom stereocenters. The van der Waals surface area contributed by atoms with Crippen LogP contribution in [-0.2, 0) is 0 Å². The van der Waals surface area contributed by atoms with Gasteiger partial charge in [0.2, 0.25) is 0 Å². The zero-order valence-corrected chi connectivity index (χ0v) is 13.6. The molecule has 2 saturated heterocycles. The summed E-state index contributed by atoms with van der Waals surface area (Å²) in [6.07, 6.45) is 3.09. The summed E-state index contributed by atoms with van der Waals surface area (Å²) < 4.78 is 0. The third-order valence-electron chi connectivity index (χ3n) is 5.39. The molecule has 2 fully saturated rings. The Morgan fingerprint density at radius 2 is 1.00 bits per heavy atom. The van der Waals surface area contributed by atoms with Gasteiger partial charge in [0.15, 0.2) is 0 Å². The molecular weight excluding hydrogens is 230 g/mol. The van der Waals surface area contributed by atoms with Crippen molar-refractivity contribution in [3.05, 3.63) is 0 Å². The molecule has 0 amide bonds. The molecule has 0 nitrogen and oxygen atoms in total. The van der Waals surface area contributed by atoms with Gasteiger partial charge in [-0.25, -0.2) is 0 Å². The summed E-state index contributed by atoms with van der Waals surface area (Å²) in [4.78, 5) is 0. The molecule has 2 aliphatic rings. The van der Waals surface area contributed by atoms with Gasteiger partial charge >= 0.3 is 0 Å². The smallest absolute Gasteiger partial charge is 0.0113 e. The third-order valence-corrected chi connectivity index (χ3v) is 11.6. The lowest BCUT2D eigenvalue weighted by atomic mass is 9.86. The van der Waals surface area contributed by atoms with Crippen LogP contribution < -0.4 is 0 Å². The van der Waals surface area contributed by atoms with Crippen LogP contribution in [0.3, 0.4) is 0 Å². The van der Waals surface area contributed by atoms with Gasteiger partial charge in [-0.15, -0.1) is 15.8 Å². The molecule has 2 rings (SSSR count). The highest BCUT2D eigenvalue weighted by atomic mass is 31.1. The molecule has 3 unspecified atom stereocenters. The molecule has 2 aliphatic heterocycles. The molecule has 94 valence electrons. The monoisotopic (exact) mass is 258 g/mol. The minimum absolute atomic E-state index is 0.326. The van der Waals surface area contributed by atoms with Crippen LogP contribution in [0.2, 0.25) is 0 Å². The zero-order chi connectivity index (χ0) is 12.0. The Morgan fingerprint density at radius 3 is 1.19 bits per heavy atom. The average Bonchev–Trinajstić information content (AvgIpc) is 2.57. The maximum Gasteiger partial charge on any atom is -0.0113 e. The minimum atomic E-state index is 0.326. The summed E-state index contributed by atoms with van der Waals surface area (Å²) in [5, 5.41) is 0. The van der Waals surface area contributed by atoms with Crippen LogP contribution in [0.15, 0.2) is 0 Å². The van der Waals surface area contributed by atoms with Crippen molar-refractivity contribution in [2.75, 3.05) is 25.7 Å². The Labute approximate surface area is 104 Å². The van der Waals surface area contributed by atoms with E-state index >= 15 is 0 Å². The second-order valence-electron chi connectivity index (χ2n) is 6.53. The van der Waals surface area contributed by atoms with Gasteiger partial charge in [-0.3, -0.25) is 0 Å². The lowest BCUT2D eigenvalue weighted by Crippen LogP contribution is -2.30. The van der Waals surface area contributed by atoms with Crippen molar-refractivity contribution in [1.82, 2.24) is 0 Å². The van der Waals surface area contributed by atoms with Crippen LogP contribution >= 0.6 is 15.8 Å². The molecular formula is C14H28P2. The van der Waals surface area contributed by atoms with E-state index in [0.29, 0.717) is 15.8 Å². The van der Waals surface area contributed by atoms with Gasteiger partial charge in [0, 0.05) is 0 Å². The van der Waals surface area contributed by atoms with Crippen LogP contribution in [-0.4, -0.2) is 37.0 Å². The molecule has 0 radical (unpaired) electrons. The van der Waals surface area contributed by atoms with Crippen molar-refractivity contribution >= 4 is 15.8 Å². The summed E-state index contributed by atoms with van der Waals surface area (Å²) in [6, 6.07) is 0. The Kier molecular flexibility index (Phi) is 4.03. The highest BCUT2D eigenvalue weighted by Crippen LogP contribution is 2.64. The minimum Gasteiger partial charge on any atom is -0.106 e. The zero-order valence-electron chi connectivity index (χ0n) is 11.8. The van der Waals surface area contributed by atoms with E-state index in [1.54, 1.807) is 12.3 Å². The standard InChI is InChI=1S/C14H28P2/c1-9-7-15(5)13(11(9)3)14-12(4)10(2)8-16(14)6/h9-14H,7-8H2,1-6H3/t9-,10-,11+,12+,13-,14?,15?,16?/m1/s1. The number of rotatable bonds is 1. The van der Waals surface area contributed by atoms with E-state index in [1.165, 1.54) is 0 Å². The predicted molar refractivity (Wildman–Crippen MR) is 79.7 cm³/mol. The second-order valence-corrected chi connectivity index (χ2v) is 11.5. The van der Waals surface area contributed by atoms with E-state index in [1.807, 2.05) is 0 Å². The molecule has 0 aliphatic carbocycles. The Hall–Kier alpha value is 0.860. The van der Waals surface area contributed by atoms with Gasteiger partial charge in [0.1, 0.15) is 0 Å². The maximum atomic E-state index is 2.58. The van der Waals surface area contributed by atoms with E-state index < -0.39 is 0 Å². The quantitative estimate of drug-likeness (QED) is 0.607. The van der Waals surface area contributed by atoms with Gasteiger partial charge in [-0.2, -0.15) is 0 Å². The van der Waals surface area contributed by atoms with E-state index in [0.717, 1.165) is 35.0 Å². The first-order chi connectivity index (χ1) is 7.43. The summed E-state index contributed by atoms with van der Waals surface area (Å²) in [5.74, 6) is 3.98. The van der Waals surface area contributed by atoms with E-state index in [-0.39, 0.29) is 0 Å². The fourth-order valence-electron chi connectivity index (χ4n) is 4.10. The largest absolute Gasteiger partial charge is 0.106 e.